The molecule has 29 valence electrons. The van der Waals surface area contributed by atoms with Crippen molar-refractivity contribution >= 4 is 0 Å². The predicted octanol–water partition coefficient (Wildman–Crippen LogP) is 1.60. The van der Waals surface area contributed by atoms with Crippen LogP contribution in [0.3, 0.4) is 0 Å². The first-order valence-corrected chi connectivity index (χ1v) is 1.05. The first kappa shape index (κ1) is 4.60. The van der Waals surface area contributed by atoms with E-state index in [9.17, 15) is 8.78 Å². The average Bonchev–Trinajstić information content (AvgIpc) is 1.38. The molecule has 0 aromatic rings. The van der Waals surface area contributed by atoms with E-state index in [2.05, 4.69) is 6.92 Å². The van der Waals surface area contributed by atoms with Gasteiger partial charge in [0.15, 0.2) is 0 Å². The summed E-state index contributed by atoms with van der Waals surface area (Å²) in [7, 11) is 0. The highest BCUT2D eigenvalue weighted by Gasteiger charge is 1.71. The van der Waals surface area contributed by atoms with Gasteiger partial charge in [-0.2, -0.15) is 0 Å². The molecule has 0 amide bonds. The van der Waals surface area contributed by atoms with Gasteiger partial charge in [0.05, 0.1) is 0 Å². The maximum Gasteiger partial charge on any atom is 0.128 e. The molecule has 5 heavy (non-hydrogen) atoms. The average molecular weight is 77.1 g/mol. The minimum absolute atomic E-state index is 0.194. The molecule has 0 aromatic heterocycles. The van der Waals surface area contributed by atoms with Crippen molar-refractivity contribution in [2.75, 3.05) is 0 Å². The van der Waals surface area contributed by atoms with E-state index in [1.165, 1.54) is 0 Å². The Labute approximate surface area is 29.1 Å². The molecule has 0 heterocycles. The number of hydrogen-bond donors (Lipinski definition) is 0. The molecule has 0 atom stereocenters. The lowest BCUT2D eigenvalue weighted by atomic mass is 10.7. The van der Waals surface area contributed by atoms with Gasteiger partial charge in [-0.25, -0.2) is 8.78 Å². The van der Waals surface area contributed by atoms with Gasteiger partial charge in [-0.05, 0) is 0 Å². The van der Waals surface area contributed by atoms with E-state index in [1.807, 2.05) is 0 Å². The van der Waals surface area contributed by atoms with Crippen molar-refractivity contribution in [2.45, 2.75) is 0 Å². The minimum atomic E-state index is -1.04. The van der Waals surface area contributed by atoms with E-state index in [1.54, 1.807) is 0 Å². The summed E-state index contributed by atoms with van der Waals surface area (Å²) < 4.78 is 21.3. The summed E-state index contributed by atoms with van der Waals surface area (Å²) in [6, 6.07) is 0. The largest absolute Gasteiger partial charge is 0.213 e. The standard InChI is InChI=1S/C3H3F2/c1-3(5)2-4/h2H,1H2. The SMILES string of the molecule is [CH2]C(F)=CF. The zero-order valence-corrected chi connectivity index (χ0v) is 2.54. The summed E-state index contributed by atoms with van der Waals surface area (Å²) in [5.74, 6) is -1.04. The Balaban J connectivity index is 3.14. The summed E-state index contributed by atoms with van der Waals surface area (Å²) in [6.07, 6.45) is -0.194. The zero-order chi connectivity index (χ0) is 4.28. The Hall–Kier alpha value is -0.400. The predicted molar refractivity (Wildman–Crippen MR) is 15.7 cm³/mol. The second-order valence-electron chi connectivity index (χ2n) is 0.556. The summed E-state index contributed by atoms with van der Waals surface area (Å²) in [5.41, 5.74) is 0. The van der Waals surface area contributed by atoms with Crippen molar-refractivity contribution in [3.8, 4) is 0 Å². The Bertz CT molecular complexity index is 42.9. The first-order chi connectivity index (χ1) is 2.27. The van der Waals surface area contributed by atoms with E-state index < -0.39 is 5.83 Å². The topological polar surface area (TPSA) is 0 Å². The maximum atomic E-state index is 10.8. The molecule has 0 fully saturated rings. The highest BCUT2D eigenvalue weighted by molar-refractivity contribution is 4.86. The van der Waals surface area contributed by atoms with E-state index >= 15 is 0 Å². The van der Waals surface area contributed by atoms with Crippen LogP contribution in [0.1, 0.15) is 0 Å². The van der Waals surface area contributed by atoms with Crippen molar-refractivity contribution in [1.82, 2.24) is 0 Å². The van der Waals surface area contributed by atoms with Crippen molar-refractivity contribution < 1.29 is 8.78 Å². The van der Waals surface area contributed by atoms with Crippen molar-refractivity contribution in [3.63, 3.8) is 0 Å². The molecule has 0 rings (SSSR count). The molecule has 0 N–H and O–H groups in total. The third-order valence-electron chi connectivity index (χ3n) is 0.118. The molecule has 0 saturated carbocycles. The number of rotatable bonds is 0. The Morgan fingerprint density at radius 1 is 1.80 bits per heavy atom. The molecular formula is C3H3F2. The summed E-state index contributed by atoms with van der Waals surface area (Å²) >= 11 is 0. The molecule has 0 aliphatic rings. The molecule has 0 aromatic carbocycles. The normalized spacial score (nSPS) is 12.2. The van der Waals surface area contributed by atoms with Gasteiger partial charge < -0.3 is 0 Å². The molecule has 2 heteroatoms. The minimum Gasteiger partial charge on any atom is -0.213 e. The van der Waals surface area contributed by atoms with E-state index in [0.29, 0.717) is 0 Å². The van der Waals surface area contributed by atoms with Gasteiger partial charge in [-0.3, -0.25) is 0 Å². The van der Waals surface area contributed by atoms with Gasteiger partial charge in [0.25, 0.3) is 0 Å². The fourth-order valence-corrected chi connectivity index (χ4v) is 0. The van der Waals surface area contributed by atoms with Gasteiger partial charge in [0, 0.05) is 6.92 Å². The monoisotopic (exact) mass is 77.0 g/mol. The zero-order valence-electron chi connectivity index (χ0n) is 2.54. The Kier molecular flexibility index (Phi) is 1.73. The van der Waals surface area contributed by atoms with Gasteiger partial charge >= 0.3 is 0 Å². The summed E-state index contributed by atoms with van der Waals surface area (Å²) in [5, 5.41) is 0. The van der Waals surface area contributed by atoms with Crippen LogP contribution in [-0.2, 0) is 0 Å². The quantitative estimate of drug-likeness (QED) is 0.412. The fourth-order valence-electron chi connectivity index (χ4n) is 0. The maximum absolute atomic E-state index is 10.8. The molecule has 0 nitrogen and oxygen atoms in total. The summed E-state index contributed by atoms with van der Waals surface area (Å²) in [4.78, 5) is 0. The third-order valence-corrected chi connectivity index (χ3v) is 0.118. The van der Waals surface area contributed by atoms with Crippen LogP contribution in [0.25, 0.3) is 0 Å². The van der Waals surface area contributed by atoms with Gasteiger partial charge in [0.1, 0.15) is 12.2 Å². The van der Waals surface area contributed by atoms with Crippen molar-refractivity contribution in [1.29, 1.82) is 0 Å². The van der Waals surface area contributed by atoms with Crippen LogP contribution in [0.2, 0.25) is 0 Å². The lowest BCUT2D eigenvalue weighted by Crippen LogP contribution is -1.47. The highest BCUT2D eigenvalue weighted by Crippen LogP contribution is 1.88. The van der Waals surface area contributed by atoms with Crippen LogP contribution >= 0.6 is 0 Å². The molecule has 0 bridgehead atoms. The van der Waals surface area contributed by atoms with Gasteiger partial charge in [-0.1, -0.05) is 0 Å². The third kappa shape index (κ3) is 3.60. The van der Waals surface area contributed by atoms with Crippen LogP contribution in [0, 0.1) is 6.92 Å². The van der Waals surface area contributed by atoms with Crippen LogP contribution in [-0.4, -0.2) is 0 Å². The second-order valence-corrected chi connectivity index (χ2v) is 0.556. The molecule has 0 aliphatic carbocycles. The van der Waals surface area contributed by atoms with Gasteiger partial charge in [0.2, 0.25) is 0 Å². The van der Waals surface area contributed by atoms with E-state index in [4.69, 9.17) is 0 Å². The first-order valence-electron chi connectivity index (χ1n) is 1.05. The molecular weight excluding hydrogens is 74.0 g/mol. The highest BCUT2D eigenvalue weighted by atomic mass is 19.2. The van der Waals surface area contributed by atoms with Crippen LogP contribution in [0.5, 0.6) is 0 Å². The molecule has 0 unspecified atom stereocenters. The van der Waals surface area contributed by atoms with Crippen LogP contribution in [0.15, 0.2) is 12.2 Å². The number of hydrogen-bond acceptors (Lipinski definition) is 0. The fraction of sp³-hybridized carbons (Fsp3) is 0. The lowest BCUT2D eigenvalue weighted by Gasteiger charge is -1.64. The molecule has 0 spiro atoms. The van der Waals surface area contributed by atoms with E-state index in [-0.39, 0.29) is 6.33 Å². The van der Waals surface area contributed by atoms with Crippen molar-refractivity contribution in [3.05, 3.63) is 19.1 Å². The molecule has 1 radical (unpaired) electrons. The lowest BCUT2D eigenvalue weighted by molar-refractivity contribution is 0.605. The van der Waals surface area contributed by atoms with Crippen LogP contribution in [0.4, 0.5) is 8.78 Å². The summed E-state index contributed by atoms with van der Waals surface area (Å²) in [6.45, 7) is 2.58. The van der Waals surface area contributed by atoms with Gasteiger partial charge in [-0.15, -0.1) is 0 Å². The van der Waals surface area contributed by atoms with Crippen molar-refractivity contribution in [2.24, 2.45) is 0 Å². The number of allylic oxidation sites excluding steroid dienone is 1. The molecule has 0 saturated heterocycles. The number of halogens is 2. The molecule has 0 aliphatic heterocycles. The van der Waals surface area contributed by atoms with E-state index in [0.717, 1.165) is 0 Å². The second kappa shape index (κ2) is 1.88. The Morgan fingerprint density at radius 3 is 2.00 bits per heavy atom. The Morgan fingerprint density at radius 2 is 2.00 bits per heavy atom. The van der Waals surface area contributed by atoms with Crippen LogP contribution < -0.4 is 0 Å². The smallest absolute Gasteiger partial charge is 0.128 e.